The standard InChI is InChI=1S/C19H18ClN3.C8H10.C5H12.C2H6/c1-22-19(17-8-4-5-9-18(17)21)23-12-14-11-15(20)10-13-6-2-3-7-16(13)14;1-7-5-3-4-6-8(7)2;1-3-5-4-2;1-2/h2-11H,12,21H2,1H3,(H,22,23);3-6H,1-2H3;3-5H2,1-2H3;1-2H3. The first-order valence-electron chi connectivity index (χ1n) is 13.7. The zero-order chi connectivity index (χ0) is 28.3. The number of nitrogens with zero attached hydrogens (tertiary/aromatic N) is 1. The van der Waals surface area contributed by atoms with E-state index in [2.05, 4.69) is 74.4 Å². The van der Waals surface area contributed by atoms with Crippen LogP contribution < -0.4 is 11.1 Å². The van der Waals surface area contributed by atoms with Gasteiger partial charge in [0.2, 0.25) is 0 Å². The number of hydrogen-bond donors (Lipinski definition) is 2. The predicted molar refractivity (Wildman–Crippen MR) is 172 cm³/mol. The minimum atomic E-state index is 0.627. The van der Waals surface area contributed by atoms with Crippen molar-refractivity contribution in [2.75, 3.05) is 12.8 Å². The van der Waals surface area contributed by atoms with Crippen molar-refractivity contribution in [1.29, 1.82) is 0 Å². The Hall–Kier alpha value is -3.30. The molecule has 0 spiro atoms. The summed E-state index contributed by atoms with van der Waals surface area (Å²) in [5, 5.41) is 6.42. The molecule has 4 aromatic rings. The maximum atomic E-state index is 6.24. The molecule has 204 valence electrons. The van der Waals surface area contributed by atoms with Crippen LogP contribution in [0.15, 0.2) is 89.9 Å². The summed E-state index contributed by atoms with van der Waals surface area (Å²) in [7, 11) is 1.75. The topological polar surface area (TPSA) is 50.4 Å². The molecule has 0 aliphatic carbocycles. The Kier molecular flexibility index (Phi) is 16.3. The van der Waals surface area contributed by atoms with Gasteiger partial charge in [-0.25, -0.2) is 0 Å². The molecule has 0 bridgehead atoms. The van der Waals surface area contributed by atoms with Crippen LogP contribution >= 0.6 is 11.6 Å². The lowest BCUT2D eigenvalue weighted by molar-refractivity contribution is 0.772. The second-order valence-corrected chi connectivity index (χ2v) is 9.17. The number of unbranched alkanes of at least 4 members (excludes halogenated alkanes) is 2. The third kappa shape index (κ3) is 11.0. The lowest BCUT2D eigenvalue weighted by Gasteiger charge is -2.13. The van der Waals surface area contributed by atoms with Gasteiger partial charge in [0.1, 0.15) is 5.84 Å². The van der Waals surface area contributed by atoms with Gasteiger partial charge in [0.15, 0.2) is 0 Å². The second-order valence-electron chi connectivity index (χ2n) is 8.74. The summed E-state index contributed by atoms with van der Waals surface area (Å²) in [5.41, 5.74) is 11.5. The molecule has 3 N–H and O–H groups in total. The van der Waals surface area contributed by atoms with Crippen molar-refractivity contribution in [2.24, 2.45) is 4.99 Å². The number of aryl methyl sites for hydroxylation is 2. The number of anilines is 1. The van der Waals surface area contributed by atoms with Gasteiger partial charge >= 0.3 is 0 Å². The van der Waals surface area contributed by atoms with Gasteiger partial charge in [-0.05, 0) is 65.6 Å². The van der Waals surface area contributed by atoms with E-state index in [1.807, 2.05) is 62.4 Å². The van der Waals surface area contributed by atoms with E-state index in [-0.39, 0.29) is 0 Å². The molecular formula is C34H46ClN3. The molecule has 0 saturated carbocycles. The zero-order valence-corrected chi connectivity index (χ0v) is 25.1. The van der Waals surface area contributed by atoms with Gasteiger partial charge in [-0.3, -0.25) is 4.99 Å². The van der Waals surface area contributed by atoms with E-state index in [1.165, 1.54) is 35.8 Å². The number of fused-ring (bicyclic) bond motifs is 1. The first-order chi connectivity index (χ1) is 18.4. The third-order valence-electron chi connectivity index (χ3n) is 5.93. The largest absolute Gasteiger partial charge is 0.398 e. The van der Waals surface area contributed by atoms with E-state index < -0.39 is 0 Å². The Morgan fingerprint density at radius 1 is 0.816 bits per heavy atom. The maximum absolute atomic E-state index is 6.24. The summed E-state index contributed by atoms with van der Waals surface area (Å²) < 4.78 is 0. The average Bonchev–Trinajstić information content (AvgIpc) is 2.94. The SMILES string of the molecule is CC.CCCCC.CN=C(NCc1cc(Cl)cc2ccccc12)c1ccccc1N.Cc1ccccc1C. The molecule has 0 fully saturated rings. The third-order valence-corrected chi connectivity index (χ3v) is 6.15. The van der Waals surface area contributed by atoms with Crippen molar-refractivity contribution >= 4 is 33.9 Å². The molecule has 0 aliphatic rings. The number of nitrogens with two attached hydrogens (primary N) is 1. The molecule has 0 amide bonds. The molecule has 3 nitrogen and oxygen atoms in total. The number of benzene rings is 4. The van der Waals surface area contributed by atoms with Gasteiger partial charge < -0.3 is 11.1 Å². The smallest absolute Gasteiger partial charge is 0.130 e. The van der Waals surface area contributed by atoms with Gasteiger partial charge in [0.05, 0.1) is 0 Å². The highest BCUT2D eigenvalue weighted by molar-refractivity contribution is 6.31. The Labute approximate surface area is 236 Å². The lowest BCUT2D eigenvalue weighted by Crippen LogP contribution is -2.25. The number of nitrogens with one attached hydrogen (secondary N) is 1. The number of para-hydroxylation sites is 1. The van der Waals surface area contributed by atoms with Crippen LogP contribution in [0.25, 0.3) is 10.8 Å². The number of amidine groups is 1. The first kappa shape index (κ1) is 32.7. The Balaban J connectivity index is 0.000000396. The fourth-order valence-electron chi connectivity index (χ4n) is 3.70. The predicted octanol–water partition coefficient (Wildman–Crippen LogP) is 9.77. The van der Waals surface area contributed by atoms with Crippen LogP contribution in [0.5, 0.6) is 0 Å². The molecule has 4 rings (SSSR count). The van der Waals surface area contributed by atoms with Gasteiger partial charge in [0, 0.05) is 29.9 Å². The van der Waals surface area contributed by atoms with E-state index >= 15 is 0 Å². The van der Waals surface area contributed by atoms with Gasteiger partial charge in [0.25, 0.3) is 0 Å². The summed E-state index contributed by atoms with van der Waals surface area (Å²) in [6.45, 7) is 13.3. The molecule has 4 aromatic carbocycles. The van der Waals surface area contributed by atoms with Crippen molar-refractivity contribution in [3.8, 4) is 0 Å². The molecule has 0 atom stereocenters. The molecule has 0 heterocycles. The van der Waals surface area contributed by atoms with Gasteiger partial charge in [-0.15, -0.1) is 0 Å². The number of rotatable bonds is 5. The maximum Gasteiger partial charge on any atom is 0.130 e. The highest BCUT2D eigenvalue weighted by Crippen LogP contribution is 2.24. The van der Waals surface area contributed by atoms with Crippen molar-refractivity contribution < 1.29 is 0 Å². The molecule has 0 unspecified atom stereocenters. The van der Waals surface area contributed by atoms with Crippen LogP contribution in [0.2, 0.25) is 5.02 Å². The lowest BCUT2D eigenvalue weighted by atomic mass is 10.0. The van der Waals surface area contributed by atoms with E-state index in [4.69, 9.17) is 17.3 Å². The summed E-state index contributed by atoms with van der Waals surface area (Å²) >= 11 is 6.24. The molecule has 4 heteroatoms. The summed E-state index contributed by atoms with van der Waals surface area (Å²) in [6, 6.07) is 28.2. The minimum Gasteiger partial charge on any atom is -0.398 e. The number of nitrogen functional groups attached to an aromatic ring is 1. The van der Waals surface area contributed by atoms with Crippen LogP contribution in [-0.2, 0) is 6.54 Å². The molecule has 0 aromatic heterocycles. The summed E-state index contributed by atoms with van der Waals surface area (Å²) in [4.78, 5) is 4.33. The Bertz CT molecular complexity index is 1220. The quantitative estimate of drug-likeness (QED) is 0.153. The van der Waals surface area contributed by atoms with Crippen LogP contribution in [0.4, 0.5) is 5.69 Å². The molecular weight excluding hydrogens is 486 g/mol. The summed E-state index contributed by atoms with van der Waals surface area (Å²) in [6.07, 6.45) is 4.08. The van der Waals surface area contributed by atoms with E-state index in [9.17, 15) is 0 Å². The average molecular weight is 532 g/mol. The van der Waals surface area contributed by atoms with Crippen LogP contribution in [0.3, 0.4) is 0 Å². The van der Waals surface area contributed by atoms with Crippen LogP contribution in [-0.4, -0.2) is 12.9 Å². The van der Waals surface area contributed by atoms with Crippen LogP contribution in [0, 0.1) is 13.8 Å². The van der Waals surface area contributed by atoms with Crippen molar-refractivity contribution in [2.45, 2.75) is 67.3 Å². The van der Waals surface area contributed by atoms with E-state index in [1.54, 1.807) is 7.05 Å². The molecule has 38 heavy (non-hydrogen) atoms. The van der Waals surface area contributed by atoms with Crippen molar-refractivity contribution in [1.82, 2.24) is 5.32 Å². The van der Waals surface area contributed by atoms with E-state index in [0.29, 0.717) is 12.2 Å². The highest BCUT2D eigenvalue weighted by atomic mass is 35.5. The summed E-state index contributed by atoms with van der Waals surface area (Å²) in [5.74, 6) is 0.771. The monoisotopic (exact) mass is 531 g/mol. The van der Waals surface area contributed by atoms with Gasteiger partial charge in [-0.1, -0.05) is 119 Å². The minimum absolute atomic E-state index is 0.627. The Morgan fingerprint density at radius 3 is 1.89 bits per heavy atom. The number of aliphatic imine (C=N–C) groups is 1. The van der Waals surface area contributed by atoms with Crippen LogP contribution in [0.1, 0.15) is 69.2 Å². The molecule has 0 saturated heterocycles. The number of halogens is 1. The first-order valence-corrected chi connectivity index (χ1v) is 14.0. The van der Waals surface area contributed by atoms with E-state index in [0.717, 1.165) is 27.4 Å². The van der Waals surface area contributed by atoms with Crippen molar-refractivity contribution in [3.05, 3.63) is 112 Å². The van der Waals surface area contributed by atoms with Gasteiger partial charge in [-0.2, -0.15) is 0 Å². The fraction of sp³-hybridized carbons (Fsp3) is 0.324. The fourth-order valence-corrected chi connectivity index (χ4v) is 3.95. The molecule has 0 radical (unpaired) electrons. The zero-order valence-electron chi connectivity index (χ0n) is 24.3. The van der Waals surface area contributed by atoms with Crippen molar-refractivity contribution in [3.63, 3.8) is 0 Å². The Morgan fingerprint density at radius 2 is 1.37 bits per heavy atom. The highest BCUT2D eigenvalue weighted by Gasteiger charge is 2.08. The number of hydrogen-bond acceptors (Lipinski definition) is 2. The second kappa shape index (κ2) is 18.9. The normalized spacial score (nSPS) is 10.3. The molecule has 0 aliphatic heterocycles.